The lowest BCUT2D eigenvalue weighted by atomic mass is 9.99. The van der Waals surface area contributed by atoms with E-state index in [9.17, 15) is 9.59 Å². The van der Waals surface area contributed by atoms with Crippen LogP contribution in [0.5, 0.6) is 0 Å². The van der Waals surface area contributed by atoms with E-state index in [0.29, 0.717) is 25.5 Å². The second-order valence-electron chi connectivity index (χ2n) is 5.08. The van der Waals surface area contributed by atoms with Crippen molar-refractivity contribution in [1.82, 2.24) is 25.0 Å². The van der Waals surface area contributed by atoms with Gasteiger partial charge in [-0.15, -0.1) is 5.10 Å². The maximum Gasteiger partial charge on any atom is 0.293 e. The summed E-state index contributed by atoms with van der Waals surface area (Å²) in [4.78, 5) is 30.5. The van der Waals surface area contributed by atoms with Gasteiger partial charge >= 0.3 is 0 Å². The third kappa shape index (κ3) is 2.20. The minimum atomic E-state index is -0.360. The van der Waals surface area contributed by atoms with E-state index in [1.54, 1.807) is 16.7 Å². The first kappa shape index (κ1) is 12.5. The lowest BCUT2D eigenvalue weighted by molar-refractivity contribution is -0.125. The molecule has 0 spiro atoms. The lowest BCUT2D eigenvalue weighted by Gasteiger charge is -2.44. The number of rotatable bonds is 2. The highest BCUT2D eigenvalue weighted by Gasteiger charge is 2.35. The van der Waals surface area contributed by atoms with Gasteiger partial charge in [-0.2, -0.15) is 0 Å². The number of carbonyl (C=O) groups is 2. The van der Waals surface area contributed by atoms with Crippen LogP contribution in [0.4, 0.5) is 0 Å². The Morgan fingerprint density at radius 2 is 2.17 bits per heavy atom. The van der Waals surface area contributed by atoms with Crippen LogP contribution in [0.15, 0.2) is 0 Å². The summed E-state index contributed by atoms with van der Waals surface area (Å²) < 4.78 is 0. The SMILES string of the molecule is Cc1nc(C(=O)N2CCN(C=O)C(C)(C)C2)n[nH]1. The highest BCUT2D eigenvalue weighted by Crippen LogP contribution is 2.20. The molecule has 0 bridgehead atoms. The number of nitrogens with one attached hydrogen (secondary N) is 1. The molecule has 18 heavy (non-hydrogen) atoms. The minimum absolute atomic E-state index is 0.183. The van der Waals surface area contributed by atoms with Gasteiger partial charge in [0.1, 0.15) is 5.82 Å². The van der Waals surface area contributed by atoms with Crippen LogP contribution in [0.25, 0.3) is 0 Å². The molecule has 1 fully saturated rings. The number of carbonyl (C=O) groups excluding carboxylic acids is 2. The molecule has 1 aliphatic heterocycles. The first-order valence-electron chi connectivity index (χ1n) is 5.84. The summed E-state index contributed by atoms with van der Waals surface area (Å²) >= 11 is 0. The van der Waals surface area contributed by atoms with Gasteiger partial charge in [0.25, 0.3) is 5.91 Å². The third-order valence-electron chi connectivity index (χ3n) is 3.17. The van der Waals surface area contributed by atoms with Crippen molar-refractivity contribution in [2.75, 3.05) is 19.6 Å². The summed E-state index contributed by atoms with van der Waals surface area (Å²) in [5.41, 5.74) is -0.360. The molecule has 1 saturated heterocycles. The molecule has 0 aromatic carbocycles. The minimum Gasteiger partial charge on any atom is -0.337 e. The van der Waals surface area contributed by atoms with E-state index >= 15 is 0 Å². The average Bonchev–Trinajstić information content (AvgIpc) is 2.73. The van der Waals surface area contributed by atoms with E-state index in [1.165, 1.54) is 0 Å². The third-order valence-corrected chi connectivity index (χ3v) is 3.17. The summed E-state index contributed by atoms with van der Waals surface area (Å²) in [7, 11) is 0. The van der Waals surface area contributed by atoms with Gasteiger partial charge < -0.3 is 9.80 Å². The second-order valence-corrected chi connectivity index (χ2v) is 5.08. The normalized spacial score (nSPS) is 18.8. The van der Waals surface area contributed by atoms with Crippen LogP contribution < -0.4 is 0 Å². The number of hydrogen-bond acceptors (Lipinski definition) is 4. The van der Waals surface area contributed by atoms with Crippen LogP contribution >= 0.6 is 0 Å². The Morgan fingerprint density at radius 3 is 2.67 bits per heavy atom. The van der Waals surface area contributed by atoms with Crippen molar-refractivity contribution in [2.24, 2.45) is 0 Å². The Kier molecular flexibility index (Phi) is 3.06. The predicted molar refractivity (Wildman–Crippen MR) is 63.9 cm³/mol. The number of amides is 2. The zero-order chi connectivity index (χ0) is 13.3. The van der Waals surface area contributed by atoms with Gasteiger partial charge in [-0.3, -0.25) is 14.7 Å². The van der Waals surface area contributed by atoms with E-state index < -0.39 is 0 Å². The Bertz CT molecular complexity index is 468. The van der Waals surface area contributed by atoms with Gasteiger partial charge in [-0.1, -0.05) is 0 Å². The number of aryl methyl sites for hydroxylation is 1. The number of H-pyrrole nitrogens is 1. The molecule has 1 N–H and O–H groups in total. The standard InChI is InChI=1S/C11H17N5O2/c1-8-12-9(14-13-8)10(18)15-4-5-16(7-17)11(2,3)6-15/h7H,4-6H2,1-3H3,(H,12,13,14). The van der Waals surface area contributed by atoms with Gasteiger partial charge in [0, 0.05) is 19.6 Å². The van der Waals surface area contributed by atoms with Crippen molar-refractivity contribution < 1.29 is 9.59 Å². The van der Waals surface area contributed by atoms with Crippen LogP contribution in [0.3, 0.4) is 0 Å². The Hall–Kier alpha value is -1.92. The highest BCUT2D eigenvalue weighted by molar-refractivity contribution is 5.90. The van der Waals surface area contributed by atoms with E-state index in [-0.39, 0.29) is 17.3 Å². The zero-order valence-corrected chi connectivity index (χ0v) is 10.8. The molecule has 1 aliphatic rings. The second kappa shape index (κ2) is 4.40. The molecule has 98 valence electrons. The highest BCUT2D eigenvalue weighted by atomic mass is 16.2. The van der Waals surface area contributed by atoms with Crippen LogP contribution in [0.1, 0.15) is 30.3 Å². The maximum atomic E-state index is 12.2. The molecule has 7 heteroatoms. The van der Waals surface area contributed by atoms with Crippen LogP contribution in [-0.2, 0) is 4.79 Å². The summed E-state index contributed by atoms with van der Waals surface area (Å²) in [6.45, 7) is 7.14. The first-order chi connectivity index (χ1) is 8.44. The van der Waals surface area contributed by atoms with E-state index in [2.05, 4.69) is 15.2 Å². The fraction of sp³-hybridized carbons (Fsp3) is 0.636. The molecule has 7 nitrogen and oxygen atoms in total. The van der Waals surface area contributed by atoms with Crippen LogP contribution in [-0.4, -0.2) is 62.5 Å². The largest absolute Gasteiger partial charge is 0.337 e. The first-order valence-corrected chi connectivity index (χ1v) is 5.84. The molecule has 2 amide bonds. The zero-order valence-electron chi connectivity index (χ0n) is 10.8. The van der Waals surface area contributed by atoms with Crippen LogP contribution in [0.2, 0.25) is 0 Å². The molecule has 2 rings (SSSR count). The summed E-state index contributed by atoms with van der Waals surface area (Å²) in [6, 6.07) is 0. The molecule has 0 radical (unpaired) electrons. The number of hydrogen-bond donors (Lipinski definition) is 1. The number of aromatic nitrogens is 3. The quantitative estimate of drug-likeness (QED) is 0.738. The van der Waals surface area contributed by atoms with Gasteiger partial charge in [0.05, 0.1) is 5.54 Å². The molecule has 0 saturated carbocycles. The molecular formula is C11H17N5O2. The molecule has 0 atom stereocenters. The van der Waals surface area contributed by atoms with Gasteiger partial charge in [0.2, 0.25) is 12.2 Å². The Morgan fingerprint density at radius 1 is 1.44 bits per heavy atom. The monoisotopic (exact) mass is 251 g/mol. The van der Waals surface area contributed by atoms with Crippen molar-refractivity contribution in [2.45, 2.75) is 26.3 Å². The Balaban J connectivity index is 2.12. The van der Waals surface area contributed by atoms with Gasteiger partial charge in [-0.25, -0.2) is 4.98 Å². The summed E-state index contributed by atoms with van der Waals surface area (Å²) in [5, 5.41) is 6.52. The van der Waals surface area contributed by atoms with Crippen molar-refractivity contribution in [1.29, 1.82) is 0 Å². The maximum absolute atomic E-state index is 12.2. The number of piperazine rings is 1. The lowest BCUT2D eigenvalue weighted by Crippen LogP contribution is -2.59. The number of nitrogens with zero attached hydrogens (tertiary/aromatic N) is 4. The predicted octanol–water partition coefficient (Wildman–Crippen LogP) is -0.194. The average molecular weight is 251 g/mol. The van der Waals surface area contributed by atoms with Crippen molar-refractivity contribution >= 4 is 12.3 Å². The molecule has 1 aromatic heterocycles. The Labute approximate surface area is 105 Å². The summed E-state index contributed by atoms with van der Waals surface area (Å²) in [5.74, 6) is 0.602. The van der Waals surface area contributed by atoms with E-state index in [1.807, 2.05) is 13.8 Å². The van der Waals surface area contributed by atoms with Crippen molar-refractivity contribution in [3.63, 3.8) is 0 Å². The topological polar surface area (TPSA) is 82.2 Å². The van der Waals surface area contributed by atoms with Crippen LogP contribution in [0, 0.1) is 6.92 Å². The molecule has 2 heterocycles. The molecule has 0 aliphatic carbocycles. The molecule has 0 unspecified atom stereocenters. The van der Waals surface area contributed by atoms with Gasteiger partial charge in [-0.05, 0) is 20.8 Å². The fourth-order valence-corrected chi connectivity index (χ4v) is 2.12. The fourth-order valence-electron chi connectivity index (χ4n) is 2.12. The van der Waals surface area contributed by atoms with Gasteiger partial charge in [0.15, 0.2) is 0 Å². The number of aromatic amines is 1. The van der Waals surface area contributed by atoms with Crippen molar-refractivity contribution in [3.05, 3.63) is 11.6 Å². The van der Waals surface area contributed by atoms with E-state index in [0.717, 1.165) is 6.41 Å². The molecular weight excluding hydrogens is 234 g/mol. The smallest absolute Gasteiger partial charge is 0.293 e. The molecule has 1 aromatic rings. The van der Waals surface area contributed by atoms with E-state index in [4.69, 9.17) is 0 Å². The summed E-state index contributed by atoms with van der Waals surface area (Å²) in [6.07, 6.45) is 0.832. The van der Waals surface area contributed by atoms with Crippen molar-refractivity contribution in [3.8, 4) is 0 Å².